The van der Waals surface area contributed by atoms with Gasteiger partial charge in [0.25, 0.3) is 0 Å². The van der Waals surface area contributed by atoms with E-state index in [2.05, 4.69) is 12.2 Å². The van der Waals surface area contributed by atoms with Gasteiger partial charge in [0.2, 0.25) is 0 Å². The van der Waals surface area contributed by atoms with Crippen molar-refractivity contribution < 1.29 is 27.8 Å². The van der Waals surface area contributed by atoms with Crippen molar-refractivity contribution in [3.05, 3.63) is 41.5 Å². The van der Waals surface area contributed by atoms with Gasteiger partial charge in [-0.2, -0.15) is 13.2 Å². The summed E-state index contributed by atoms with van der Waals surface area (Å²) in [5, 5.41) is 13.4. The van der Waals surface area contributed by atoms with Gasteiger partial charge in [-0.1, -0.05) is 51.5 Å². The van der Waals surface area contributed by atoms with Crippen molar-refractivity contribution in [1.82, 2.24) is 5.32 Å². The maximum absolute atomic E-state index is 14.2. The molecule has 0 amide bonds. The lowest BCUT2D eigenvalue weighted by Crippen LogP contribution is -2.59. The van der Waals surface area contributed by atoms with Crippen LogP contribution >= 0.6 is 0 Å². The van der Waals surface area contributed by atoms with Gasteiger partial charge in [0.15, 0.2) is 0 Å². The maximum Gasteiger partial charge on any atom is 0.420 e. The molecule has 0 heterocycles. The lowest BCUT2D eigenvalue weighted by molar-refractivity contribution is -0.155. The van der Waals surface area contributed by atoms with Gasteiger partial charge in [-0.15, -0.1) is 0 Å². The lowest BCUT2D eigenvalue weighted by atomic mass is 9.58. The fraction of sp³-hybridized carbons (Fsp3) is 0.607. The van der Waals surface area contributed by atoms with Crippen LogP contribution in [0.15, 0.2) is 30.3 Å². The highest BCUT2D eigenvalue weighted by Gasteiger charge is 2.51. The summed E-state index contributed by atoms with van der Waals surface area (Å²) < 4.78 is 48.7. The fourth-order valence-electron chi connectivity index (χ4n) is 5.81. The van der Waals surface area contributed by atoms with Crippen molar-refractivity contribution >= 4 is 16.7 Å². The third kappa shape index (κ3) is 5.45. The Bertz CT molecular complexity index is 1060. The van der Waals surface area contributed by atoms with Crippen molar-refractivity contribution in [3.8, 4) is 5.75 Å². The summed E-state index contributed by atoms with van der Waals surface area (Å²) >= 11 is 0. The van der Waals surface area contributed by atoms with Crippen molar-refractivity contribution in [2.75, 3.05) is 6.54 Å². The highest BCUT2D eigenvalue weighted by atomic mass is 19.4. The highest BCUT2D eigenvalue weighted by molar-refractivity contribution is 5.89. The molecule has 0 aromatic heterocycles. The molecule has 2 saturated carbocycles. The molecule has 2 aromatic carbocycles. The number of benzene rings is 2. The number of hydrogen-bond donors (Lipinski definition) is 2. The topological polar surface area (TPSA) is 58.6 Å². The number of halogens is 3. The molecule has 2 unspecified atom stereocenters. The Labute approximate surface area is 205 Å². The summed E-state index contributed by atoms with van der Waals surface area (Å²) in [6.07, 6.45) is 1.11. The minimum Gasteiger partial charge on any atom is -0.490 e. The molecule has 0 radical (unpaired) electrons. The van der Waals surface area contributed by atoms with Gasteiger partial charge in [-0.25, -0.2) is 0 Å². The Balaban J connectivity index is 1.49. The molecule has 0 aliphatic heterocycles. The van der Waals surface area contributed by atoms with Crippen LogP contribution in [-0.2, 0) is 17.4 Å². The molecule has 4 rings (SSSR count). The minimum atomic E-state index is -4.52. The SMILES string of the molecule is CCC1CCC(Oc2ccc3ccc(CCNC4CC(C(=O)O)C4(C)C)cc3c2C(F)(F)F)CC1. The van der Waals surface area contributed by atoms with Gasteiger partial charge in [0.05, 0.1) is 12.0 Å². The maximum atomic E-state index is 14.2. The minimum absolute atomic E-state index is 0.0730. The van der Waals surface area contributed by atoms with E-state index in [4.69, 9.17) is 4.74 Å². The summed E-state index contributed by atoms with van der Waals surface area (Å²) in [6, 6.07) is 8.50. The van der Waals surface area contributed by atoms with Crippen LogP contribution < -0.4 is 10.1 Å². The Morgan fingerprint density at radius 1 is 1.14 bits per heavy atom. The number of carboxylic acid groups (broad SMARTS) is 1. The molecule has 0 spiro atoms. The largest absolute Gasteiger partial charge is 0.490 e. The normalized spacial score (nSPS) is 26.3. The van der Waals surface area contributed by atoms with E-state index >= 15 is 0 Å². The van der Waals surface area contributed by atoms with Crippen LogP contribution in [0, 0.1) is 17.3 Å². The third-order valence-electron chi connectivity index (χ3n) is 8.37. The van der Waals surface area contributed by atoms with Gasteiger partial charge < -0.3 is 15.2 Å². The zero-order valence-electron chi connectivity index (χ0n) is 20.8. The zero-order valence-corrected chi connectivity index (χ0v) is 20.8. The smallest absolute Gasteiger partial charge is 0.420 e. The van der Waals surface area contributed by atoms with E-state index in [1.807, 2.05) is 19.9 Å². The predicted octanol–water partition coefficient (Wildman–Crippen LogP) is 6.84. The second-order valence-electron chi connectivity index (χ2n) is 10.9. The average molecular weight is 492 g/mol. The molecule has 2 N–H and O–H groups in total. The fourth-order valence-corrected chi connectivity index (χ4v) is 5.81. The van der Waals surface area contributed by atoms with Crippen molar-refractivity contribution in [2.45, 2.75) is 84.0 Å². The summed E-state index contributed by atoms with van der Waals surface area (Å²) in [5.41, 5.74) is -0.226. The summed E-state index contributed by atoms with van der Waals surface area (Å²) in [5.74, 6) is -0.578. The third-order valence-corrected chi connectivity index (χ3v) is 8.37. The van der Waals surface area contributed by atoms with Crippen molar-refractivity contribution in [3.63, 3.8) is 0 Å². The van der Waals surface area contributed by atoms with Crippen LogP contribution in [0.25, 0.3) is 10.8 Å². The first kappa shape index (κ1) is 25.8. The lowest BCUT2D eigenvalue weighted by Gasteiger charge is -2.50. The molecule has 2 aliphatic carbocycles. The number of carboxylic acids is 1. The average Bonchev–Trinajstić information content (AvgIpc) is 2.80. The number of fused-ring (bicyclic) bond motifs is 1. The van der Waals surface area contributed by atoms with E-state index in [0.717, 1.165) is 37.7 Å². The number of ether oxygens (including phenoxy) is 1. The van der Waals surface area contributed by atoms with E-state index in [9.17, 15) is 23.1 Å². The Morgan fingerprint density at radius 2 is 1.83 bits per heavy atom. The standard InChI is InChI=1S/C28H36F3NO3/c1-4-17-6-10-20(11-7-17)35-23-12-9-19-8-5-18(15-21(19)25(23)28(29,30)31)13-14-32-24-16-22(26(33)34)27(24,2)3/h5,8-9,12,15,17,20,22,24,32H,4,6-7,10-11,13-14,16H2,1-3H3,(H,33,34). The van der Waals surface area contributed by atoms with Gasteiger partial charge >= 0.3 is 12.1 Å². The summed E-state index contributed by atoms with van der Waals surface area (Å²) in [4.78, 5) is 11.3. The van der Waals surface area contributed by atoms with Gasteiger partial charge in [0.1, 0.15) is 11.3 Å². The number of alkyl halides is 3. The second-order valence-corrected chi connectivity index (χ2v) is 10.9. The van der Waals surface area contributed by atoms with Gasteiger partial charge in [-0.05, 0) is 78.8 Å². The Morgan fingerprint density at radius 3 is 2.43 bits per heavy atom. The monoisotopic (exact) mass is 491 g/mol. The number of rotatable bonds is 8. The molecule has 2 aromatic rings. The van der Waals surface area contributed by atoms with E-state index in [-0.39, 0.29) is 34.6 Å². The van der Waals surface area contributed by atoms with Crippen LogP contribution in [-0.4, -0.2) is 29.8 Å². The number of hydrogen-bond acceptors (Lipinski definition) is 3. The zero-order chi connectivity index (χ0) is 25.4. The molecule has 2 fully saturated rings. The first-order valence-corrected chi connectivity index (χ1v) is 12.8. The number of aliphatic carboxylic acids is 1. The van der Waals surface area contributed by atoms with Crippen molar-refractivity contribution in [1.29, 1.82) is 0 Å². The molecule has 2 atom stereocenters. The summed E-state index contributed by atoms with van der Waals surface area (Å²) in [6.45, 7) is 6.61. The van der Waals surface area contributed by atoms with Gasteiger partial charge in [0, 0.05) is 6.04 Å². The Hall–Kier alpha value is -2.28. The number of nitrogens with one attached hydrogen (secondary N) is 1. The molecule has 4 nitrogen and oxygen atoms in total. The first-order chi connectivity index (χ1) is 16.5. The molecular weight excluding hydrogens is 455 g/mol. The van der Waals surface area contributed by atoms with Crippen LogP contribution in [0.3, 0.4) is 0 Å². The van der Waals surface area contributed by atoms with E-state index in [1.54, 1.807) is 18.2 Å². The van der Waals surface area contributed by atoms with E-state index < -0.39 is 17.7 Å². The molecule has 192 valence electrons. The molecule has 0 saturated heterocycles. The summed E-state index contributed by atoms with van der Waals surface area (Å²) in [7, 11) is 0. The van der Waals surface area contributed by atoms with Crippen molar-refractivity contribution in [2.24, 2.45) is 17.3 Å². The Kier molecular flexibility index (Phi) is 7.37. The molecule has 7 heteroatoms. The predicted molar refractivity (Wildman–Crippen MR) is 131 cm³/mol. The molecular formula is C28H36F3NO3. The second kappa shape index (κ2) is 10.00. The van der Waals surface area contributed by atoms with E-state index in [1.165, 1.54) is 6.07 Å². The van der Waals surface area contributed by atoms with Crippen LogP contribution in [0.4, 0.5) is 13.2 Å². The van der Waals surface area contributed by atoms with E-state index in [0.29, 0.717) is 30.7 Å². The first-order valence-electron chi connectivity index (χ1n) is 12.8. The van der Waals surface area contributed by atoms with Gasteiger partial charge in [-0.3, -0.25) is 4.79 Å². The number of carbonyl (C=O) groups is 1. The van der Waals surface area contributed by atoms with Crippen LogP contribution in [0.1, 0.15) is 70.4 Å². The quantitative estimate of drug-likeness (QED) is 0.425. The molecule has 2 aliphatic rings. The molecule has 0 bridgehead atoms. The van der Waals surface area contributed by atoms with Crippen LogP contribution in [0.5, 0.6) is 5.75 Å². The van der Waals surface area contributed by atoms with Crippen LogP contribution in [0.2, 0.25) is 0 Å². The highest BCUT2D eigenvalue weighted by Crippen LogP contribution is 2.46. The molecule has 35 heavy (non-hydrogen) atoms.